The van der Waals surface area contributed by atoms with Crippen molar-refractivity contribution < 1.29 is 0 Å². The van der Waals surface area contributed by atoms with Crippen LogP contribution in [0.4, 0.5) is 11.5 Å². The van der Waals surface area contributed by atoms with Gasteiger partial charge in [0.25, 0.3) is 0 Å². The summed E-state index contributed by atoms with van der Waals surface area (Å²) in [6.45, 7) is 2.58. The highest BCUT2D eigenvalue weighted by molar-refractivity contribution is 9.10. The average Bonchev–Trinajstić information content (AvgIpc) is 2.68. The van der Waals surface area contributed by atoms with Gasteiger partial charge in [-0.2, -0.15) is 0 Å². The van der Waals surface area contributed by atoms with Gasteiger partial charge >= 0.3 is 0 Å². The van der Waals surface area contributed by atoms with E-state index in [1.807, 2.05) is 36.4 Å². The number of fused-ring (bicyclic) bond motifs is 2. The SMILES string of the molecule is O=c1cc(NCCCNC2CCNc3c(Br)cc(Cl)cc32)[nH]c2ccccc12. The third kappa shape index (κ3) is 4.19. The molecular formula is C21H22BrClN4O. The van der Waals surface area contributed by atoms with Crippen molar-refractivity contribution in [3.63, 3.8) is 0 Å². The molecule has 2 heterocycles. The van der Waals surface area contributed by atoms with Crippen LogP contribution in [0.2, 0.25) is 5.02 Å². The summed E-state index contributed by atoms with van der Waals surface area (Å²) in [4.78, 5) is 15.4. The maximum absolute atomic E-state index is 12.2. The Kier molecular flexibility index (Phi) is 5.90. The van der Waals surface area contributed by atoms with Crippen molar-refractivity contribution in [2.75, 3.05) is 30.3 Å². The van der Waals surface area contributed by atoms with Crippen LogP contribution in [0.3, 0.4) is 0 Å². The van der Waals surface area contributed by atoms with Crippen molar-refractivity contribution >= 4 is 49.9 Å². The molecule has 0 saturated carbocycles. The number of halogens is 2. The number of anilines is 2. The lowest BCUT2D eigenvalue weighted by atomic mass is 9.98. The predicted octanol–water partition coefficient (Wildman–Crippen LogP) is 4.89. The molecule has 0 aliphatic carbocycles. The van der Waals surface area contributed by atoms with E-state index in [1.54, 1.807) is 6.07 Å². The molecular weight excluding hydrogens is 440 g/mol. The Morgan fingerprint density at radius 2 is 2.04 bits per heavy atom. The van der Waals surface area contributed by atoms with Crippen molar-refractivity contribution in [1.29, 1.82) is 0 Å². The highest BCUT2D eigenvalue weighted by atomic mass is 79.9. The van der Waals surface area contributed by atoms with Crippen LogP contribution in [0.1, 0.15) is 24.4 Å². The van der Waals surface area contributed by atoms with E-state index >= 15 is 0 Å². The summed E-state index contributed by atoms with van der Waals surface area (Å²) >= 11 is 9.82. The van der Waals surface area contributed by atoms with Crippen molar-refractivity contribution in [2.24, 2.45) is 0 Å². The fraction of sp³-hybridized carbons (Fsp3) is 0.286. The molecule has 0 saturated heterocycles. The summed E-state index contributed by atoms with van der Waals surface area (Å²) in [6.07, 6.45) is 1.96. The molecule has 3 aromatic rings. The van der Waals surface area contributed by atoms with Crippen molar-refractivity contribution in [1.82, 2.24) is 10.3 Å². The number of rotatable bonds is 6. The van der Waals surface area contributed by atoms with Crippen LogP contribution in [0.5, 0.6) is 0 Å². The summed E-state index contributed by atoms with van der Waals surface area (Å²) in [5.41, 5.74) is 3.21. The standard InChI is InChI=1S/C21H22BrClN4O/c22-16-11-13(23)10-15-17(6-9-26-21(15)16)24-7-3-8-25-20-12-19(28)14-4-1-2-5-18(14)27-20/h1-2,4-5,10-12,17,24,26H,3,6-9H2,(H2,25,27,28). The van der Waals surface area contributed by atoms with Gasteiger partial charge in [-0.15, -0.1) is 0 Å². The number of H-pyrrole nitrogens is 1. The minimum atomic E-state index is 0.0312. The first-order chi connectivity index (χ1) is 13.6. The molecule has 2 aromatic carbocycles. The van der Waals surface area contributed by atoms with E-state index in [1.165, 1.54) is 5.56 Å². The molecule has 0 bridgehead atoms. The minimum Gasteiger partial charge on any atom is -0.384 e. The molecule has 7 heteroatoms. The number of hydrogen-bond acceptors (Lipinski definition) is 4. The van der Waals surface area contributed by atoms with Crippen LogP contribution >= 0.6 is 27.5 Å². The molecule has 1 atom stereocenters. The van der Waals surface area contributed by atoms with Crippen molar-refractivity contribution in [3.8, 4) is 0 Å². The minimum absolute atomic E-state index is 0.0312. The molecule has 0 amide bonds. The van der Waals surface area contributed by atoms with Crippen LogP contribution in [-0.4, -0.2) is 24.6 Å². The fourth-order valence-electron chi connectivity index (χ4n) is 3.64. The molecule has 1 aromatic heterocycles. The Labute approximate surface area is 177 Å². The highest BCUT2D eigenvalue weighted by Gasteiger charge is 2.21. The first-order valence-electron chi connectivity index (χ1n) is 9.44. The number of para-hydroxylation sites is 1. The number of pyridine rings is 1. The van der Waals surface area contributed by atoms with Crippen molar-refractivity contribution in [3.05, 3.63) is 67.7 Å². The van der Waals surface area contributed by atoms with E-state index in [4.69, 9.17) is 11.6 Å². The van der Waals surface area contributed by atoms with Crippen LogP contribution in [0.25, 0.3) is 10.9 Å². The Bertz CT molecular complexity index is 1050. The Morgan fingerprint density at radius 1 is 1.18 bits per heavy atom. The van der Waals surface area contributed by atoms with E-state index in [9.17, 15) is 4.79 Å². The van der Waals surface area contributed by atoms with Gasteiger partial charge < -0.3 is 20.9 Å². The number of aromatic amines is 1. The third-order valence-electron chi connectivity index (χ3n) is 4.99. The van der Waals surface area contributed by atoms with E-state index in [2.05, 4.69) is 36.9 Å². The lowest BCUT2D eigenvalue weighted by Crippen LogP contribution is -2.30. The first kappa shape index (κ1) is 19.3. The second-order valence-corrected chi connectivity index (χ2v) is 8.24. The second-order valence-electron chi connectivity index (χ2n) is 6.95. The van der Waals surface area contributed by atoms with Gasteiger partial charge in [0.2, 0.25) is 0 Å². The van der Waals surface area contributed by atoms with E-state index in [0.717, 1.165) is 59.0 Å². The summed E-state index contributed by atoms with van der Waals surface area (Å²) in [5, 5.41) is 11.8. The highest BCUT2D eigenvalue weighted by Crippen LogP contribution is 2.37. The zero-order valence-electron chi connectivity index (χ0n) is 15.3. The molecule has 28 heavy (non-hydrogen) atoms. The van der Waals surface area contributed by atoms with Gasteiger partial charge in [0.05, 0.1) is 11.2 Å². The topological polar surface area (TPSA) is 69.0 Å². The maximum Gasteiger partial charge on any atom is 0.191 e. The van der Waals surface area contributed by atoms with Gasteiger partial charge in [-0.1, -0.05) is 23.7 Å². The Hall–Kier alpha value is -2.02. The van der Waals surface area contributed by atoms with E-state index in [-0.39, 0.29) is 11.5 Å². The smallest absolute Gasteiger partial charge is 0.191 e. The average molecular weight is 462 g/mol. The monoisotopic (exact) mass is 460 g/mol. The zero-order valence-corrected chi connectivity index (χ0v) is 17.7. The largest absolute Gasteiger partial charge is 0.384 e. The van der Waals surface area contributed by atoms with Gasteiger partial charge in [0.15, 0.2) is 5.43 Å². The molecule has 0 radical (unpaired) electrons. The summed E-state index contributed by atoms with van der Waals surface area (Å²) in [7, 11) is 0. The van der Waals surface area contributed by atoms with Gasteiger partial charge in [0.1, 0.15) is 5.82 Å². The van der Waals surface area contributed by atoms with Gasteiger partial charge in [-0.25, -0.2) is 0 Å². The Morgan fingerprint density at radius 3 is 2.93 bits per heavy atom. The Balaban J connectivity index is 1.32. The van der Waals surface area contributed by atoms with Gasteiger partial charge in [0, 0.05) is 40.1 Å². The lowest BCUT2D eigenvalue weighted by molar-refractivity contribution is 0.497. The molecule has 4 rings (SSSR count). The number of aromatic nitrogens is 1. The van der Waals surface area contributed by atoms with Gasteiger partial charge in [-0.05, 0) is 65.1 Å². The normalized spacial score (nSPS) is 15.9. The summed E-state index contributed by atoms with van der Waals surface area (Å²) in [6, 6.07) is 13.4. The quantitative estimate of drug-likeness (QED) is 0.394. The maximum atomic E-state index is 12.2. The zero-order chi connectivity index (χ0) is 19.5. The van der Waals surface area contributed by atoms with Gasteiger partial charge in [-0.3, -0.25) is 4.79 Å². The van der Waals surface area contributed by atoms with E-state index < -0.39 is 0 Å². The molecule has 4 N–H and O–H groups in total. The van der Waals surface area contributed by atoms with Crippen LogP contribution in [0, 0.1) is 0 Å². The third-order valence-corrected chi connectivity index (χ3v) is 5.84. The molecule has 146 valence electrons. The molecule has 1 unspecified atom stereocenters. The first-order valence-corrected chi connectivity index (χ1v) is 10.6. The van der Waals surface area contributed by atoms with Crippen LogP contribution < -0.4 is 21.4 Å². The van der Waals surface area contributed by atoms with E-state index in [0.29, 0.717) is 5.39 Å². The molecule has 1 aliphatic rings. The molecule has 1 aliphatic heterocycles. The number of benzene rings is 2. The van der Waals surface area contributed by atoms with Crippen molar-refractivity contribution in [2.45, 2.75) is 18.9 Å². The molecule has 5 nitrogen and oxygen atoms in total. The predicted molar refractivity (Wildman–Crippen MR) is 121 cm³/mol. The lowest BCUT2D eigenvalue weighted by Gasteiger charge is -2.28. The van der Waals surface area contributed by atoms with Crippen LogP contribution in [-0.2, 0) is 0 Å². The fourth-order valence-corrected chi connectivity index (χ4v) is 4.62. The molecule has 0 spiro atoms. The molecule has 0 fully saturated rings. The van der Waals surface area contributed by atoms with Crippen LogP contribution in [0.15, 0.2) is 51.7 Å². The summed E-state index contributed by atoms with van der Waals surface area (Å²) in [5.74, 6) is 0.756. The number of nitrogens with one attached hydrogen (secondary N) is 4. The summed E-state index contributed by atoms with van der Waals surface area (Å²) < 4.78 is 1.00. The number of hydrogen-bond donors (Lipinski definition) is 4. The second kappa shape index (κ2) is 8.55.